The van der Waals surface area contributed by atoms with Crippen molar-refractivity contribution in [3.8, 4) is 17.2 Å². The van der Waals surface area contributed by atoms with Crippen molar-refractivity contribution < 1.29 is 24.1 Å². The van der Waals surface area contributed by atoms with Crippen molar-refractivity contribution in [2.75, 3.05) is 19.8 Å². The van der Waals surface area contributed by atoms with Gasteiger partial charge in [0.2, 0.25) is 5.75 Å². The molecule has 54 heavy (non-hydrogen) atoms. The molecule has 0 saturated heterocycles. The van der Waals surface area contributed by atoms with Gasteiger partial charge in [-0.15, -0.1) is 0 Å². The molecule has 0 amide bonds. The minimum Gasteiger partial charge on any atom is -0.490 e. The molecule has 1 aromatic rings. The van der Waals surface area contributed by atoms with Crippen LogP contribution in [0.3, 0.4) is 0 Å². The number of carboxylic acid groups (broad SMARTS) is 1. The van der Waals surface area contributed by atoms with Crippen LogP contribution in [0.15, 0.2) is 12.1 Å². The molecule has 1 rings (SSSR count). The van der Waals surface area contributed by atoms with Gasteiger partial charge in [-0.05, 0) is 31.4 Å². The zero-order valence-corrected chi connectivity index (χ0v) is 36.3. The van der Waals surface area contributed by atoms with E-state index >= 15 is 0 Å². The van der Waals surface area contributed by atoms with Crippen molar-refractivity contribution in [2.24, 2.45) is 0 Å². The molecule has 0 aliphatic rings. The summed E-state index contributed by atoms with van der Waals surface area (Å²) >= 11 is 0. The summed E-state index contributed by atoms with van der Waals surface area (Å²) in [6.45, 7) is 8.55. The van der Waals surface area contributed by atoms with E-state index in [1.807, 2.05) is 0 Å². The molecule has 5 nitrogen and oxygen atoms in total. The standard InChI is InChI=1S/C49H90O5/c1-4-7-10-13-16-19-22-25-28-31-34-37-40-52-46-43-45(49(50)51)44-47(53-41-38-35-32-29-26-23-20-17-14-11-8-5-2)48(46)54-42-39-36-33-30-27-24-21-18-15-12-9-6-3/h43-44H,4-42H2,1-3H3,(H,50,51). The number of carbonyl (C=O) groups is 1. The Kier molecular flexibility index (Phi) is 36.5. The van der Waals surface area contributed by atoms with Gasteiger partial charge in [-0.3, -0.25) is 0 Å². The SMILES string of the molecule is CCCCCCCCCCCCCCOc1cc(C(=O)O)cc(OCCCCCCCCCCCCCC)c1OCCCCCCCCCCCCCC. The van der Waals surface area contributed by atoms with E-state index in [9.17, 15) is 9.90 Å². The summed E-state index contributed by atoms with van der Waals surface area (Å²) in [4.78, 5) is 12.1. The summed E-state index contributed by atoms with van der Waals surface area (Å²) in [6.07, 6.45) is 46.7. The Morgan fingerprint density at radius 1 is 0.370 bits per heavy atom. The Bertz CT molecular complexity index is 895. The van der Waals surface area contributed by atoms with Gasteiger partial charge >= 0.3 is 5.97 Å². The van der Waals surface area contributed by atoms with Crippen LogP contribution in [0.2, 0.25) is 0 Å². The number of carboxylic acids is 1. The Labute approximate surface area is 335 Å². The molecule has 0 radical (unpaired) electrons. The monoisotopic (exact) mass is 759 g/mol. The molecule has 0 unspecified atom stereocenters. The molecular formula is C49H90O5. The van der Waals surface area contributed by atoms with E-state index in [2.05, 4.69) is 20.8 Å². The molecule has 0 atom stereocenters. The van der Waals surface area contributed by atoms with Crippen LogP contribution in [0.4, 0.5) is 0 Å². The van der Waals surface area contributed by atoms with Gasteiger partial charge in [0.05, 0.1) is 25.4 Å². The average molecular weight is 759 g/mol. The molecular weight excluding hydrogens is 669 g/mol. The van der Waals surface area contributed by atoms with Crippen molar-refractivity contribution >= 4 is 5.97 Å². The van der Waals surface area contributed by atoms with Gasteiger partial charge in [0.1, 0.15) is 0 Å². The second-order valence-electron chi connectivity index (χ2n) is 16.3. The molecule has 0 aromatic heterocycles. The third kappa shape index (κ3) is 30.3. The fourth-order valence-electron chi connectivity index (χ4n) is 7.42. The zero-order valence-electron chi connectivity index (χ0n) is 36.3. The number of rotatable bonds is 43. The van der Waals surface area contributed by atoms with Crippen LogP contribution in [0.5, 0.6) is 17.2 Å². The second-order valence-corrected chi connectivity index (χ2v) is 16.3. The van der Waals surface area contributed by atoms with Crippen molar-refractivity contribution in [3.63, 3.8) is 0 Å². The van der Waals surface area contributed by atoms with Crippen molar-refractivity contribution in [1.29, 1.82) is 0 Å². The van der Waals surface area contributed by atoms with Gasteiger partial charge in [0, 0.05) is 0 Å². The number of hydrogen-bond acceptors (Lipinski definition) is 4. The Balaban J connectivity index is 2.55. The predicted octanol–water partition coefficient (Wildman–Crippen LogP) is 16.6. The maximum atomic E-state index is 12.1. The summed E-state index contributed by atoms with van der Waals surface area (Å²) in [5, 5.41) is 9.94. The normalized spacial score (nSPS) is 11.3. The summed E-state index contributed by atoms with van der Waals surface area (Å²) in [5.41, 5.74) is 0.196. The summed E-state index contributed by atoms with van der Waals surface area (Å²) in [7, 11) is 0. The first kappa shape index (κ1) is 50.1. The smallest absolute Gasteiger partial charge is 0.335 e. The molecule has 5 heteroatoms. The van der Waals surface area contributed by atoms with Gasteiger partial charge in [0.25, 0.3) is 0 Å². The van der Waals surface area contributed by atoms with Crippen LogP contribution in [-0.2, 0) is 0 Å². The molecule has 0 aliphatic carbocycles. The Morgan fingerprint density at radius 3 is 0.833 bits per heavy atom. The number of unbranched alkanes of at least 4 members (excludes halogenated alkanes) is 33. The van der Waals surface area contributed by atoms with E-state index in [0.29, 0.717) is 37.1 Å². The lowest BCUT2D eigenvalue weighted by molar-refractivity contribution is 0.0695. The third-order valence-corrected chi connectivity index (χ3v) is 11.0. The van der Waals surface area contributed by atoms with E-state index < -0.39 is 5.97 Å². The van der Waals surface area contributed by atoms with Crippen molar-refractivity contribution in [2.45, 2.75) is 252 Å². The lowest BCUT2D eigenvalue weighted by Crippen LogP contribution is -2.08. The molecule has 0 heterocycles. The second kappa shape index (κ2) is 39.3. The summed E-state index contributed by atoms with van der Waals surface area (Å²) in [5.74, 6) is 0.650. The average Bonchev–Trinajstić information content (AvgIpc) is 3.17. The number of benzene rings is 1. The van der Waals surface area contributed by atoms with E-state index in [1.54, 1.807) is 12.1 Å². The Morgan fingerprint density at radius 2 is 0.593 bits per heavy atom. The maximum absolute atomic E-state index is 12.1. The van der Waals surface area contributed by atoms with E-state index in [0.717, 1.165) is 38.5 Å². The fraction of sp³-hybridized carbons (Fsp3) is 0.857. The maximum Gasteiger partial charge on any atom is 0.335 e. The lowest BCUT2D eigenvalue weighted by Gasteiger charge is -2.18. The number of ether oxygens (including phenoxy) is 3. The highest BCUT2D eigenvalue weighted by molar-refractivity contribution is 5.89. The van der Waals surface area contributed by atoms with Gasteiger partial charge in [-0.1, -0.05) is 233 Å². The molecule has 1 N–H and O–H groups in total. The lowest BCUT2D eigenvalue weighted by atomic mass is 10.1. The highest BCUT2D eigenvalue weighted by atomic mass is 16.5. The predicted molar refractivity (Wildman–Crippen MR) is 233 cm³/mol. The van der Waals surface area contributed by atoms with Crippen molar-refractivity contribution in [3.05, 3.63) is 17.7 Å². The minimum absolute atomic E-state index is 0.196. The van der Waals surface area contributed by atoms with Crippen LogP contribution in [0.25, 0.3) is 0 Å². The Hall–Kier alpha value is -1.91. The number of hydrogen-bond donors (Lipinski definition) is 1. The third-order valence-electron chi connectivity index (χ3n) is 11.0. The first-order chi connectivity index (χ1) is 26.6. The molecule has 1 aromatic carbocycles. The molecule has 0 fully saturated rings. The van der Waals surface area contributed by atoms with Crippen LogP contribution < -0.4 is 14.2 Å². The highest BCUT2D eigenvalue weighted by Gasteiger charge is 2.19. The van der Waals surface area contributed by atoms with Crippen molar-refractivity contribution in [1.82, 2.24) is 0 Å². The quantitative estimate of drug-likeness (QED) is 0.0672. The van der Waals surface area contributed by atoms with E-state index in [-0.39, 0.29) is 5.56 Å². The van der Waals surface area contributed by atoms with Crippen LogP contribution in [-0.4, -0.2) is 30.9 Å². The minimum atomic E-state index is -0.965. The zero-order chi connectivity index (χ0) is 39.0. The molecule has 0 aliphatic heterocycles. The highest BCUT2D eigenvalue weighted by Crippen LogP contribution is 2.40. The van der Waals surface area contributed by atoms with Gasteiger partial charge in [-0.25, -0.2) is 4.79 Å². The first-order valence-electron chi connectivity index (χ1n) is 23.9. The molecule has 0 saturated carbocycles. The molecule has 0 spiro atoms. The van der Waals surface area contributed by atoms with Crippen LogP contribution in [0.1, 0.15) is 262 Å². The van der Waals surface area contributed by atoms with E-state index in [1.165, 1.54) is 193 Å². The largest absolute Gasteiger partial charge is 0.490 e. The number of aromatic carboxylic acids is 1. The van der Waals surface area contributed by atoms with Crippen LogP contribution in [0, 0.1) is 0 Å². The topological polar surface area (TPSA) is 65.0 Å². The van der Waals surface area contributed by atoms with Gasteiger partial charge in [-0.2, -0.15) is 0 Å². The summed E-state index contributed by atoms with van der Waals surface area (Å²) in [6, 6.07) is 3.27. The van der Waals surface area contributed by atoms with Crippen LogP contribution >= 0.6 is 0 Å². The first-order valence-corrected chi connectivity index (χ1v) is 23.9. The fourth-order valence-corrected chi connectivity index (χ4v) is 7.42. The van der Waals surface area contributed by atoms with Gasteiger partial charge in [0.15, 0.2) is 11.5 Å². The molecule has 316 valence electrons. The molecule has 0 bridgehead atoms. The summed E-state index contributed by atoms with van der Waals surface area (Å²) < 4.78 is 18.9. The van der Waals surface area contributed by atoms with Gasteiger partial charge < -0.3 is 19.3 Å². The van der Waals surface area contributed by atoms with E-state index in [4.69, 9.17) is 14.2 Å².